The molecular formula is C14H16N2O4. The van der Waals surface area contributed by atoms with E-state index in [1.165, 1.54) is 10.6 Å². The summed E-state index contributed by atoms with van der Waals surface area (Å²) in [5.74, 6) is -0.433. The fraction of sp³-hybridized carbons (Fsp3) is 0.286. The molecule has 0 fully saturated rings. The van der Waals surface area contributed by atoms with Crippen molar-refractivity contribution in [1.82, 2.24) is 9.47 Å². The highest BCUT2D eigenvalue weighted by molar-refractivity contribution is 5.86. The second-order valence-corrected chi connectivity index (χ2v) is 4.58. The molecule has 1 amide bonds. The largest absolute Gasteiger partial charge is 0.477 e. The topological polar surface area (TPSA) is 75.7 Å². The molecule has 20 heavy (non-hydrogen) atoms. The third-order valence-corrected chi connectivity index (χ3v) is 3.15. The minimum Gasteiger partial charge on any atom is -0.477 e. The van der Waals surface area contributed by atoms with Gasteiger partial charge in [0.05, 0.1) is 6.26 Å². The minimum atomic E-state index is -1.05. The van der Waals surface area contributed by atoms with Crippen LogP contribution in [-0.4, -0.2) is 33.5 Å². The number of carboxylic acid groups (broad SMARTS) is 1. The van der Waals surface area contributed by atoms with Crippen LogP contribution in [0.2, 0.25) is 0 Å². The molecule has 2 aromatic rings. The molecule has 0 aliphatic carbocycles. The van der Waals surface area contributed by atoms with E-state index in [0.717, 1.165) is 11.3 Å². The van der Waals surface area contributed by atoms with Gasteiger partial charge in [0.1, 0.15) is 18.0 Å². The lowest BCUT2D eigenvalue weighted by Crippen LogP contribution is -2.30. The maximum atomic E-state index is 12.1. The molecule has 0 unspecified atom stereocenters. The Morgan fingerprint density at radius 3 is 2.75 bits per heavy atom. The first kappa shape index (κ1) is 13.9. The molecule has 6 nitrogen and oxygen atoms in total. The highest BCUT2D eigenvalue weighted by atomic mass is 16.4. The SMILES string of the molecule is Cc1occc1CN(C)C(=O)Cn1cccc1C(=O)O. The van der Waals surface area contributed by atoms with Crippen molar-refractivity contribution in [1.29, 1.82) is 0 Å². The summed E-state index contributed by atoms with van der Waals surface area (Å²) in [4.78, 5) is 24.6. The summed E-state index contributed by atoms with van der Waals surface area (Å²) in [6.07, 6.45) is 3.16. The van der Waals surface area contributed by atoms with Crippen LogP contribution in [0.4, 0.5) is 0 Å². The maximum absolute atomic E-state index is 12.1. The van der Waals surface area contributed by atoms with Gasteiger partial charge < -0.3 is 19.0 Å². The Hall–Kier alpha value is -2.50. The zero-order valence-electron chi connectivity index (χ0n) is 11.4. The number of aryl methyl sites for hydroxylation is 1. The molecule has 0 spiro atoms. The number of amides is 1. The molecular weight excluding hydrogens is 260 g/mol. The van der Waals surface area contributed by atoms with Gasteiger partial charge in [-0.1, -0.05) is 0 Å². The first-order valence-corrected chi connectivity index (χ1v) is 6.14. The lowest BCUT2D eigenvalue weighted by Gasteiger charge is -2.17. The number of carbonyl (C=O) groups excluding carboxylic acids is 1. The Kier molecular flexibility index (Phi) is 3.93. The molecule has 6 heteroatoms. The van der Waals surface area contributed by atoms with E-state index in [1.54, 1.807) is 30.5 Å². The smallest absolute Gasteiger partial charge is 0.352 e. The second kappa shape index (κ2) is 5.64. The Balaban J connectivity index is 2.03. The van der Waals surface area contributed by atoms with Gasteiger partial charge >= 0.3 is 5.97 Å². The van der Waals surface area contributed by atoms with Crippen LogP contribution in [0.25, 0.3) is 0 Å². The summed E-state index contributed by atoms with van der Waals surface area (Å²) in [6, 6.07) is 4.89. The third kappa shape index (κ3) is 2.90. The van der Waals surface area contributed by atoms with Crippen molar-refractivity contribution in [3.05, 3.63) is 47.7 Å². The molecule has 0 aliphatic heterocycles. The quantitative estimate of drug-likeness (QED) is 0.902. The highest BCUT2D eigenvalue weighted by Gasteiger charge is 2.15. The standard InChI is InChI=1S/C14H16N2O4/c1-10-11(5-7-20-10)8-15(2)13(17)9-16-6-3-4-12(16)14(18)19/h3-7H,8-9H2,1-2H3,(H,18,19). The van der Waals surface area contributed by atoms with Gasteiger partial charge in [0, 0.05) is 25.4 Å². The number of likely N-dealkylation sites (N-methyl/N-ethyl adjacent to an activating group) is 1. The third-order valence-electron chi connectivity index (χ3n) is 3.15. The maximum Gasteiger partial charge on any atom is 0.352 e. The summed E-state index contributed by atoms with van der Waals surface area (Å²) in [5.41, 5.74) is 1.04. The first-order valence-electron chi connectivity index (χ1n) is 6.14. The molecule has 0 saturated heterocycles. The Morgan fingerprint density at radius 1 is 1.40 bits per heavy atom. The number of carboxylic acids is 1. The van der Waals surface area contributed by atoms with Crippen molar-refractivity contribution in [2.45, 2.75) is 20.0 Å². The molecule has 1 N–H and O–H groups in total. The van der Waals surface area contributed by atoms with Gasteiger partial charge in [-0.15, -0.1) is 0 Å². The number of aromatic carboxylic acids is 1. The van der Waals surface area contributed by atoms with Crippen LogP contribution in [0.15, 0.2) is 35.1 Å². The van der Waals surface area contributed by atoms with Crippen LogP contribution in [0.3, 0.4) is 0 Å². The van der Waals surface area contributed by atoms with E-state index in [0.29, 0.717) is 6.54 Å². The monoisotopic (exact) mass is 276 g/mol. The average molecular weight is 276 g/mol. The number of hydrogen-bond donors (Lipinski definition) is 1. The second-order valence-electron chi connectivity index (χ2n) is 4.58. The van der Waals surface area contributed by atoms with E-state index < -0.39 is 5.97 Å². The van der Waals surface area contributed by atoms with E-state index >= 15 is 0 Å². The molecule has 0 aliphatic rings. The molecule has 106 valence electrons. The fourth-order valence-electron chi connectivity index (χ4n) is 1.93. The lowest BCUT2D eigenvalue weighted by molar-refractivity contribution is -0.131. The Bertz CT molecular complexity index is 627. The summed E-state index contributed by atoms with van der Waals surface area (Å²) >= 11 is 0. The molecule has 2 heterocycles. The number of hydrogen-bond acceptors (Lipinski definition) is 3. The van der Waals surface area contributed by atoms with Gasteiger partial charge in [-0.2, -0.15) is 0 Å². The van der Waals surface area contributed by atoms with Gasteiger partial charge in [0.25, 0.3) is 0 Å². The van der Waals surface area contributed by atoms with Crippen LogP contribution < -0.4 is 0 Å². The van der Waals surface area contributed by atoms with Crippen molar-refractivity contribution >= 4 is 11.9 Å². The molecule has 0 aromatic carbocycles. The predicted molar refractivity (Wildman–Crippen MR) is 71.3 cm³/mol. The minimum absolute atomic E-state index is 0.00202. The van der Waals surface area contributed by atoms with Crippen molar-refractivity contribution in [3.63, 3.8) is 0 Å². The molecule has 2 rings (SSSR count). The van der Waals surface area contributed by atoms with Gasteiger partial charge in [0.2, 0.25) is 5.91 Å². The van der Waals surface area contributed by atoms with E-state index in [1.807, 2.05) is 13.0 Å². The summed E-state index contributed by atoms with van der Waals surface area (Å²) in [7, 11) is 1.68. The number of furan rings is 1. The first-order chi connectivity index (χ1) is 9.49. The van der Waals surface area contributed by atoms with Gasteiger partial charge in [-0.3, -0.25) is 4.79 Å². The summed E-state index contributed by atoms with van der Waals surface area (Å²) < 4.78 is 6.60. The van der Waals surface area contributed by atoms with Crippen molar-refractivity contribution in [3.8, 4) is 0 Å². The summed E-state index contributed by atoms with van der Waals surface area (Å²) in [5, 5.41) is 8.99. The van der Waals surface area contributed by atoms with Crippen LogP contribution in [0.5, 0.6) is 0 Å². The normalized spacial score (nSPS) is 10.5. The van der Waals surface area contributed by atoms with Crippen molar-refractivity contribution in [2.75, 3.05) is 7.05 Å². The lowest BCUT2D eigenvalue weighted by atomic mass is 10.2. The van der Waals surface area contributed by atoms with Gasteiger partial charge in [0.15, 0.2) is 0 Å². The van der Waals surface area contributed by atoms with Crippen molar-refractivity contribution in [2.24, 2.45) is 0 Å². The van der Waals surface area contributed by atoms with Crippen molar-refractivity contribution < 1.29 is 19.1 Å². The fourth-order valence-corrected chi connectivity index (χ4v) is 1.93. The van der Waals surface area contributed by atoms with E-state index in [2.05, 4.69) is 0 Å². The zero-order valence-corrected chi connectivity index (χ0v) is 11.4. The molecule has 2 aromatic heterocycles. The number of carbonyl (C=O) groups is 2. The molecule has 0 bridgehead atoms. The van der Waals surface area contributed by atoms with E-state index in [-0.39, 0.29) is 18.1 Å². The number of nitrogens with zero attached hydrogens (tertiary/aromatic N) is 2. The molecule has 0 atom stereocenters. The average Bonchev–Trinajstić information content (AvgIpc) is 2.99. The van der Waals surface area contributed by atoms with Crippen LogP contribution in [0.1, 0.15) is 21.8 Å². The van der Waals surface area contributed by atoms with Gasteiger partial charge in [-0.25, -0.2) is 4.79 Å². The summed E-state index contributed by atoms with van der Waals surface area (Å²) in [6.45, 7) is 2.27. The number of rotatable bonds is 5. The highest BCUT2D eigenvalue weighted by Crippen LogP contribution is 2.11. The van der Waals surface area contributed by atoms with Crippen LogP contribution in [-0.2, 0) is 17.9 Å². The molecule has 0 saturated carbocycles. The Labute approximate surface area is 116 Å². The van der Waals surface area contributed by atoms with Crippen LogP contribution >= 0.6 is 0 Å². The number of aromatic nitrogens is 1. The van der Waals surface area contributed by atoms with E-state index in [4.69, 9.17) is 9.52 Å². The van der Waals surface area contributed by atoms with Gasteiger partial charge in [-0.05, 0) is 25.1 Å². The zero-order chi connectivity index (χ0) is 14.7. The Morgan fingerprint density at radius 2 is 2.15 bits per heavy atom. The van der Waals surface area contributed by atoms with Crippen LogP contribution in [0, 0.1) is 6.92 Å². The predicted octanol–water partition coefficient (Wildman–Crippen LogP) is 1.75. The molecule has 0 radical (unpaired) electrons. The van der Waals surface area contributed by atoms with E-state index in [9.17, 15) is 9.59 Å².